The van der Waals surface area contributed by atoms with Crippen molar-refractivity contribution < 1.29 is 18.0 Å². The van der Waals surface area contributed by atoms with E-state index >= 15 is 0 Å². The maximum Gasteiger partial charge on any atom is 0.435 e. The third-order valence-corrected chi connectivity index (χ3v) is 6.20. The summed E-state index contributed by atoms with van der Waals surface area (Å²) in [5, 5.41) is 9.89. The fourth-order valence-electron chi connectivity index (χ4n) is 4.11. The van der Waals surface area contributed by atoms with Gasteiger partial charge >= 0.3 is 6.18 Å². The largest absolute Gasteiger partial charge is 0.435 e. The fraction of sp³-hybridized carbons (Fsp3) is 0.214. The van der Waals surface area contributed by atoms with Crippen molar-refractivity contribution in [1.82, 2.24) is 20.1 Å². The highest BCUT2D eigenvalue weighted by molar-refractivity contribution is 6.03. The molecule has 2 N–H and O–H groups in total. The van der Waals surface area contributed by atoms with E-state index in [9.17, 15) is 18.0 Å². The smallest absolute Gasteiger partial charge is 0.321 e. The van der Waals surface area contributed by atoms with E-state index in [1.807, 2.05) is 24.3 Å². The number of alkyl halides is 3. The van der Waals surface area contributed by atoms with E-state index in [-0.39, 0.29) is 23.1 Å². The van der Waals surface area contributed by atoms with Crippen molar-refractivity contribution in [2.24, 2.45) is 5.92 Å². The second-order valence-corrected chi connectivity index (χ2v) is 9.07. The first-order valence-electron chi connectivity index (χ1n) is 12.0. The van der Waals surface area contributed by atoms with Crippen LogP contribution >= 0.6 is 0 Å². The number of benzene rings is 2. The molecule has 0 spiro atoms. The predicted octanol–water partition coefficient (Wildman–Crippen LogP) is 6.18. The molecule has 1 amide bonds. The van der Waals surface area contributed by atoms with Crippen LogP contribution in [0.5, 0.6) is 0 Å². The van der Waals surface area contributed by atoms with Crippen molar-refractivity contribution in [3.63, 3.8) is 0 Å². The number of hydrogen-bond acceptors (Lipinski definition) is 4. The summed E-state index contributed by atoms with van der Waals surface area (Å²) in [6.07, 6.45) is -0.662. The Morgan fingerprint density at radius 2 is 1.89 bits per heavy atom. The number of amides is 1. The van der Waals surface area contributed by atoms with Crippen molar-refractivity contribution in [2.45, 2.75) is 25.1 Å². The van der Waals surface area contributed by atoms with E-state index in [2.05, 4.69) is 25.6 Å². The molecule has 38 heavy (non-hydrogen) atoms. The number of hydrogen-bond donors (Lipinski definition) is 2. The molecule has 1 aliphatic rings. The maximum atomic E-state index is 13.5. The van der Waals surface area contributed by atoms with E-state index in [0.29, 0.717) is 17.7 Å². The van der Waals surface area contributed by atoms with Crippen LogP contribution in [0.3, 0.4) is 0 Å². The van der Waals surface area contributed by atoms with Gasteiger partial charge in [0, 0.05) is 18.0 Å². The van der Waals surface area contributed by atoms with E-state index in [4.69, 9.17) is 6.57 Å². The number of carbonyl (C=O) groups is 1. The summed E-state index contributed by atoms with van der Waals surface area (Å²) in [5.74, 6) is -0.132. The van der Waals surface area contributed by atoms with Crippen LogP contribution in [0.2, 0.25) is 0 Å². The standard InChI is InChI=1S/C28H23F3N6O/c1-32-20-7-5-9-22(15-20)37-24(16-25(36-37)28(29,30)31)27(38)35-21-8-4-6-19(14-21)26(34-17-18-11-12-18)23-10-2-3-13-33-23/h2-10,13-16,18,26,34H,11-12,17H2,(H,35,38). The van der Waals surface area contributed by atoms with Gasteiger partial charge in [-0.15, -0.1) is 0 Å². The molecule has 1 saturated carbocycles. The van der Waals surface area contributed by atoms with Gasteiger partial charge < -0.3 is 10.6 Å². The Bertz CT molecular complexity index is 1490. The molecule has 2 aromatic carbocycles. The zero-order valence-corrected chi connectivity index (χ0v) is 20.1. The quantitative estimate of drug-likeness (QED) is 0.274. The normalized spacial score (nSPS) is 14.1. The van der Waals surface area contributed by atoms with E-state index in [1.54, 1.807) is 24.4 Å². The van der Waals surface area contributed by atoms with Gasteiger partial charge in [-0.2, -0.15) is 18.3 Å². The van der Waals surface area contributed by atoms with Gasteiger partial charge in [0.15, 0.2) is 11.4 Å². The molecule has 0 aliphatic heterocycles. The summed E-state index contributed by atoms with van der Waals surface area (Å²) in [7, 11) is 0. The second-order valence-electron chi connectivity index (χ2n) is 9.07. The minimum atomic E-state index is -4.75. The molecule has 192 valence electrons. The topological polar surface area (TPSA) is 76.2 Å². The molecule has 1 atom stereocenters. The van der Waals surface area contributed by atoms with Crippen LogP contribution in [0.25, 0.3) is 10.5 Å². The number of rotatable bonds is 8. The molecule has 0 radical (unpaired) electrons. The summed E-state index contributed by atoms with van der Waals surface area (Å²) in [6.45, 7) is 8.03. The molecule has 1 aliphatic carbocycles. The highest BCUT2D eigenvalue weighted by atomic mass is 19.4. The lowest BCUT2D eigenvalue weighted by Gasteiger charge is -2.20. The van der Waals surface area contributed by atoms with Crippen molar-refractivity contribution in [2.75, 3.05) is 11.9 Å². The van der Waals surface area contributed by atoms with Crippen molar-refractivity contribution in [1.29, 1.82) is 0 Å². The fourth-order valence-corrected chi connectivity index (χ4v) is 4.11. The van der Waals surface area contributed by atoms with Crippen LogP contribution in [-0.4, -0.2) is 27.2 Å². The Kier molecular flexibility index (Phi) is 6.94. The summed E-state index contributed by atoms with van der Waals surface area (Å²) in [5.41, 5.74) is 0.970. The van der Waals surface area contributed by atoms with Gasteiger partial charge in [0.1, 0.15) is 5.69 Å². The summed E-state index contributed by atoms with van der Waals surface area (Å²) < 4.78 is 41.4. The van der Waals surface area contributed by atoms with Gasteiger partial charge in [-0.05, 0) is 67.3 Å². The molecular weight excluding hydrogens is 493 g/mol. The lowest BCUT2D eigenvalue weighted by atomic mass is 10.0. The summed E-state index contributed by atoms with van der Waals surface area (Å²) >= 11 is 0. The Hall–Kier alpha value is -4.49. The zero-order chi connectivity index (χ0) is 26.7. The number of pyridine rings is 1. The van der Waals surface area contributed by atoms with E-state index in [1.165, 1.54) is 37.1 Å². The number of halogens is 3. The SMILES string of the molecule is [C-]#[N+]c1cccc(-n2nc(C(F)(F)F)cc2C(=O)Nc2cccc(C(NCC3CC3)c3ccccn3)c2)c1. The van der Waals surface area contributed by atoms with Gasteiger partial charge in [-0.3, -0.25) is 9.78 Å². The Labute approximate surface area is 217 Å². The van der Waals surface area contributed by atoms with Gasteiger partial charge in [0.05, 0.1) is 24.0 Å². The van der Waals surface area contributed by atoms with E-state index in [0.717, 1.165) is 22.5 Å². The first kappa shape index (κ1) is 25.2. The molecule has 7 nitrogen and oxygen atoms in total. The molecule has 1 fully saturated rings. The van der Waals surface area contributed by atoms with Crippen molar-refractivity contribution in [3.8, 4) is 5.69 Å². The molecule has 2 aromatic heterocycles. The predicted molar refractivity (Wildman–Crippen MR) is 136 cm³/mol. The van der Waals surface area contributed by atoms with Gasteiger partial charge in [-0.25, -0.2) is 9.53 Å². The van der Waals surface area contributed by atoms with Crippen LogP contribution in [0.4, 0.5) is 24.5 Å². The number of carbonyl (C=O) groups excluding carboxylic acids is 1. The average molecular weight is 517 g/mol. The third kappa shape index (κ3) is 5.74. The Morgan fingerprint density at radius 1 is 1.08 bits per heavy atom. The van der Waals surface area contributed by atoms with Crippen LogP contribution in [-0.2, 0) is 6.18 Å². The van der Waals surface area contributed by atoms with Crippen LogP contribution in [0.15, 0.2) is 79.0 Å². The van der Waals surface area contributed by atoms with Crippen molar-refractivity contribution in [3.05, 3.63) is 113 Å². The van der Waals surface area contributed by atoms with Gasteiger partial charge in [0.25, 0.3) is 5.91 Å². The lowest BCUT2D eigenvalue weighted by molar-refractivity contribution is -0.141. The number of anilines is 1. The molecule has 4 aromatic rings. The molecule has 10 heteroatoms. The minimum Gasteiger partial charge on any atom is -0.321 e. The molecule has 0 bridgehead atoms. The second kappa shape index (κ2) is 10.5. The summed E-state index contributed by atoms with van der Waals surface area (Å²) in [6, 6.07) is 19.2. The first-order chi connectivity index (χ1) is 18.3. The Morgan fingerprint density at radius 3 is 2.61 bits per heavy atom. The number of nitrogens with one attached hydrogen (secondary N) is 2. The molecular formula is C28H23F3N6O. The zero-order valence-electron chi connectivity index (χ0n) is 20.1. The molecule has 1 unspecified atom stereocenters. The monoisotopic (exact) mass is 516 g/mol. The number of nitrogens with zero attached hydrogens (tertiary/aromatic N) is 4. The molecule has 2 heterocycles. The third-order valence-electron chi connectivity index (χ3n) is 6.20. The van der Waals surface area contributed by atoms with Crippen LogP contribution in [0.1, 0.15) is 46.3 Å². The number of aromatic nitrogens is 3. The highest BCUT2D eigenvalue weighted by Crippen LogP contribution is 2.32. The lowest BCUT2D eigenvalue weighted by Crippen LogP contribution is -2.25. The van der Waals surface area contributed by atoms with Crippen LogP contribution in [0, 0.1) is 12.5 Å². The van der Waals surface area contributed by atoms with E-state index < -0.39 is 17.8 Å². The highest BCUT2D eigenvalue weighted by Gasteiger charge is 2.36. The van der Waals surface area contributed by atoms with Gasteiger partial charge in [-0.1, -0.05) is 30.3 Å². The Balaban J connectivity index is 1.45. The minimum absolute atomic E-state index is 0.174. The van der Waals surface area contributed by atoms with Crippen molar-refractivity contribution >= 4 is 17.3 Å². The molecule has 0 saturated heterocycles. The molecule has 5 rings (SSSR count). The first-order valence-corrected chi connectivity index (χ1v) is 12.0. The van der Waals surface area contributed by atoms with Gasteiger partial charge in [0.2, 0.25) is 0 Å². The average Bonchev–Trinajstić information content (AvgIpc) is 3.63. The maximum absolute atomic E-state index is 13.5. The van der Waals surface area contributed by atoms with Crippen LogP contribution < -0.4 is 10.6 Å². The summed E-state index contributed by atoms with van der Waals surface area (Å²) in [4.78, 5) is 21.0.